The molecule has 0 unspecified atom stereocenters. The van der Waals surface area contributed by atoms with Crippen LogP contribution in [-0.4, -0.2) is 41.7 Å². The molecule has 0 atom stereocenters. The summed E-state index contributed by atoms with van der Waals surface area (Å²) in [6.07, 6.45) is 7.45. The summed E-state index contributed by atoms with van der Waals surface area (Å²) in [4.78, 5) is 17.6. The van der Waals surface area contributed by atoms with Gasteiger partial charge in [0.1, 0.15) is 17.9 Å². The summed E-state index contributed by atoms with van der Waals surface area (Å²) < 4.78 is 5.76. The summed E-state index contributed by atoms with van der Waals surface area (Å²) in [6.45, 7) is 6.94. The largest absolute Gasteiger partial charge is 0.492 e. The molecular weight excluding hydrogens is 316 g/mol. The van der Waals surface area contributed by atoms with Crippen LogP contribution in [-0.2, 0) is 11.2 Å². The van der Waals surface area contributed by atoms with Crippen LogP contribution in [0, 0.1) is 5.92 Å². The molecule has 5 heteroatoms. The highest BCUT2D eigenvalue weighted by atomic mass is 16.5. The summed E-state index contributed by atoms with van der Waals surface area (Å²) in [5.74, 6) is 1.91. The number of pyridine rings is 1. The molecule has 0 saturated heterocycles. The highest BCUT2D eigenvalue weighted by Crippen LogP contribution is 2.42. The van der Waals surface area contributed by atoms with Crippen LogP contribution in [0.3, 0.4) is 0 Å². The van der Waals surface area contributed by atoms with Gasteiger partial charge in [0, 0.05) is 19.5 Å². The van der Waals surface area contributed by atoms with Crippen LogP contribution in [0.4, 0.5) is 5.82 Å². The fraction of sp³-hybridized carbons (Fsp3) is 0.700. The molecule has 0 aliphatic heterocycles. The van der Waals surface area contributed by atoms with E-state index >= 15 is 0 Å². The Morgan fingerprint density at radius 1 is 1.48 bits per heavy atom. The number of unbranched alkanes of at least 4 members (excludes halogenated alkanes) is 1. The van der Waals surface area contributed by atoms with Gasteiger partial charge < -0.3 is 19.5 Å². The number of carbonyl (C=O) groups excluding carboxylic acids is 1. The number of aldehydes is 1. The van der Waals surface area contributed by atoms with Crippen LogP contribution in [0.2, 0.25) is 0 Å². The number of aliphatic hydroxyl groups is 1. The molecule has 2 rings (SSSR count). The number of nitrogens with zero attached hydrogens (tertiary/aromatic N) is 2. The minimum absolute atomic E-state index is 0.258. The van der Waals surface area contributed by atoms with Crippen molar-refractivity contribution in [3.05, 3.63) is 17.8 Å². The van der Waals surface area contributed by atoms with Crippen molar-refractivity contribution in [3.8, 4) is 5.75 Å². The van der Waals surface area contributed by atoms with Gasteiger partial charge >= 0.3 is 0 Å². The third-order valence-corrected chi connectivity index (χ3v) is 5.35. The second-order valence-electron chi connectivity index (χ2n) is 7.49. The van der Waals surface area contributed by atoms with E-state index in [9.17, 15) is 9.90 Å². The third-order valence-electron chi connectivity index (χ3n) is 5.35. The van der Waals surface area contributed by atoms with Gasteiger partial charge in [0.25, 0.3) is 0 Å². The predicted octanol–water partition coefficient (Wildman–Crippen LogP) is 3.38. The molecule has 1 aliphatic carbocycles. The monoisotopic (exact) mass is 348 g/mol. The fourth-order valence-corrected chi connectivity index (χ4v) is 3.28. The lowest BCUT2D eigenvalue weighted by molar-refractivity contribution is -0.107. The molecule has 140 valence electrons. The minimum Gasteiger partial charge on any atom is -0.492 e. The van der Waals surface area contributed by atoms with Crippen LogP contribution in [0.25, 0.3) is 0 Å². The first kappa shape index (κ1) is 19.7. The standard InChI is InChI=1S/C20H32N2O3/c1-5-6-10-25-18-11-16(8-7-9-23)19(21-14-18)22(4)17-12-20(24,13-17)15(2)3/h9,11,14-15,17,24H,5-8,10,12-13H2,1-4H3. The van der Waals surface area contributed by atoms with Gasteiger partial charge in [-0.2, -0.15) is 0 Å². The van der Waals surface area contributed by atoms with Crippen molar-refractivity contribution in [2.45, 2.75) is 70.9 Å². The van der Waals surface area contributed by atoms with Crippen molar-refractivity contribution < 1.29 is 14.6 Å². The second kappa shape index (κ2) is 8.65. The Morgan fingerprint density at radius 3 is 2.80 bits per heavy atom. The Hall–Kier alpha value is -1.62. The van der Waals surface area contributed by atoms with Gasteiger partial charge in [0.15, 0.2) is 0 Å². The number of carbonyl (C=O) groups is 1. The van der Waals surface area contributed by atoms with E-state index in [4.69, 9.17) is 4.74 Å². The minimum atomic E-state index is -0.564. The first-order valence-corrected chi connectivity index (χ1v) is 9.41. The third kappa shape index (κ3) is 4.72. The SMILES string of the molecule is CCCCOc1cnc(N(C)C2CC(O)(C(C)C)C2)c(CCC=O)c1. The molecule has 1 aromatic rings. The van der Waals surface area contributed by atoms with E-state index in [2.05, 4.69) is 30.7 Å². The van der Waals surface area contributed by atoms with E-state index in [1.807, 2.05) is 13.1 Å². The summed E-state index contributed by atoms with van der Waals surface area (Å²) in [6, 6.07) is 2.28. The lowest BCUT2D eigenvalue weighted by Gasteiger charge is -2.50. The maximum absolute atomic E-state index is 10.8. The summed E-state index contributed by atoms with van der Waals surface area (Å²) in [5.41, 5.74) is 0.467. The number of rotatable bonds is 10. The maximum atomic E-state index is 10.8. The molecule has 1 aliphatic rings. The van der Waals surface area contributed by atoms with Crippen molar-refractivity contribution >= 4 is 12.1 Å². The van der Waals surface area contributed by atoms with Crippen LogP contribution in [0.5, 0.6) is 5.75 Å². The van der Waals surface area contributed by atoms with Crippen molar-refractivity contribution in [2.75, 3.05) is 18.6 Å². The summed E-state index contributed by atoms with van der Waals surface area (Å²) >= 11 is 0. The zero-order valence-electron chi connectivity index (χ0n) is 16.0. The van der Waals surface area contributed by atoms with Gasteiger partial charge in [-0.3, -0.25) is 0 Å². The number of hydrogen-bond donors (Lipinski definition) is 1. The van der Waals surface area contributed by atoms with Gasteiger partial charge in [-0.15, -0.1) is 0 Å². The van der Waals surface area contributed by atoms with Gasteiger partial charge in [-0.25, -0.2) is 4.98 Å². The van der Waals surface area contributed by atoms with Crippen LogP contribution < -0.4 is 9.64 Å². The van der Waals surface area contributed by atoms with E-state index in [0.29, 0.717) is 19.4 Å². The van der Waals surface area contributed by atoms with Crippen molar-refractivity contribution in [1.29, 1.82) is 0 Å². The van der Waals surface area contributed by atoms with E-state index < -0.39 is 5.60 Å². The van der Waals surface area contributed by atoms with Crippen LogP contribution in [0.1, 0.15) is 58.4 Å². The lowest BCUT2D eigenvalue weighted by atomic mass is 9.68. The number of hydrogen-bond acceptors (Lipinski definition) is 5. The molecule has 1 heterocycles. The molecule has 1 aromatic heterocycles. The van der Waals surface area contributed by atoms with E-state index in [1.54, 1.807) is 6.20 Å². The Bertz CT molecular complexity index is 568. The number of anilines is 1. The zero-order valence-corrected chi connectivity index (χ0v) is 16.0. The molecule has 1 saturated carbocycles. The van der Waals surface area contributed by atoms with Gasteiger partial charge in [-0.05, 0) is 43.2 Å². The molecule has 0 spiro atoms. The highest BCUT2D eigenvalue weighted by molar-refractivity contribution is 5.55. The van der Waals surface area contributed by atoms with E-state index in [1.165, 1.54) is 0 Å². The van der Waals surface area contributed by atoms with Crippen LogP contribution in [0.15, 0.2) is 12.3 Å². The van der Waals surface area contributed by atoms with E-state index in [0.717, 1.165) is 49.1 Å². The van der Waals surface area contributed by atoms with Crippen molar-refractivity contribution in [2.24, 2.45) is 5.92 Å². The van der Waals surface area contributed by atoms with Crippen molar-refractivity contribution in [3.63, 3.8) is 0 Å². The van der Waals surface area contributed by atoms with E-state index in [-0.39, 0.29) is 12.0 Å². The molecular formula is C20H32N2O3. The normalized spacial score (nSPS) is 22.6. The van der Waals surface area contributed by atoms with Crippen LogP contribution >= 0.6 is 0 Å². The average molecular weight is 348 g/mol. The Kier molecular flexibility index (Phi) is 6.82. The average Bonchev–Trinajstić information content (AvgIpc) is 2.56. The molecule has 0 amide bonds. The lowest BCUT2D eigenvalue weighted by Crippen LogP contribution is -2.57. The number of aromatic nitrogens is 1. The molecule has 1 fully saturated rings. The topological polar surface area (TPSA) is 62.7 Å². The molecule has 5 nitrogen and oxygen atoms in total. The van der Waals surface area contributed by atoms with Gasteiger partial charge in [0.2, 0.25) is 0 Å². The first-order valence-electron chi connectivity index (χ1n) is 9.41. The first-order chi connectivity index (χ1) is 11.9. The van der Waals surface area contributed by atoms with Gasteiger partial charge in [0.05, 0.1) is 18.4 Å². The number of aryl methyl sites for hydroxylation is 1. The summed E-state index contributed by atoms with van der Waals surface area (Å²) in [7, 11) is 2.02. The molecule has 0 aromatic carbocycles. The van der Waals surface area contributed by atoms with Gasteiger partial charge in [-0.1, -0.05) is 27.2 Å². The quantitative estimate of drug-likeness (QED) is 0.519. The Balaban J connectivity index is 2.11. The number of ether oxygens (including phenoxy) is 1. The molecule has 1 N–H and O–H groups in total. The zero-order chi connectivity index (χ0) is 18.4. The Morgan fingerprint density at radius 2 is 2.20 bits per heavy atom. The molecule has 25 heavy (non-hydrogen) atoms. The predicted molar refractivity (Wildman–Crippen MR) is 100 cm³/mol. The second-order valence-corrected chi connectivity index (χ2v) is 7.49. The van der Waals surface area contributed by atoms with Crippen molar-refractivity contribution in [1.82, 2.24) is 4.98 Å². The fourth-order valence-electron chi connectivity index (χ4n) is 3.28. The molecule has 0 radical (unpaired) electrons. The maximum Gasteiger partial charge on any atom is 0.138 e. The Labute approximate surface area is 151 Å². The smallest absolute Gasteiger partial charge is 0.138 e. The summed E-state index contributed by atoms with van der Waals surface area (Å²) in [5, 5.41) is 10.5. The highest BCUT2D eigenvalue weighted by Gasteiger charge is 2.47. The molecule has 0 bridgehead atoms.